The van der Waals surface area contributed by atoms with E-state index < -0.39 is 0 Å². The van der Waals surface area contributed by atoms with E-state index in [0.29, 0.717) is 0 Å². The van der Waals surface area contributed by atoms with E-state index in [1.54, 1.807) is 0 Å². The molecule has 0 saturated heterocycles. The Morgan fingerprint density at radius 2 is 1.46 bits per heavy atom. The number of nitrogens with zero attached hydrogens (tertiary/aromatic N) is 2. The van der Waals surface area contributed by atoms with Crippen LogP contribution in [0, 0.1) is 0 Å². The lowest BCUT2D eigenvalue weighted by Crippen LogP contribution is -2.08. The summed E-state index contributed by atoms with van der Waals surface area (Å²) in [7, 11) is 0. The van der Waals surface area contributed by atoms with Crippen molar-refractivity contribution in [1.29, 1.82) is 0 Å². The lowest BCUT2D eigenvalue weighted by molar-refractivity contribution is 0.670. The van der Waals surface area contributed by atoms with Crippen LogP contribution < -0.4 is 5.73 Å². The molecule has 10 rings (SSSR count). The molecular weight excluding hydrogens is 683 g/mol. The molecule has 0 spiro atoms. The molecule has 0 radical (unpaired) electrons. The second kappa shape index (κ2) is 14.5. The van der Waals surface area contributed by atoms with Crippen LogP contribution in [0.5, 0.6) is 0 Å². The van der Waals surface area contributed by atoms with Gasteiger partial charge in [0.2, 0.25) is 0 Å². The summed E-state index contributed by atoms with van der Waals surface area (Å²) < 4.78 is 8.75. The maximum absolute atomic E-state index is 6.67. The zero-order chi connectivity index (χ0) is 37.4. The van der Waals surface area contributed by atoms with Gasteiger partial charge in [0.15, 0.2) is 0 Å². The summed E-state index contributed by atoms with van der Waals surface area (Å²) in [4.78, 5) is 5.09. The van der Waals surface area contributed by atoms with E-state index in [0.717, 1.165) is 75.7 Å². The monoisotopic (exact) mass is 723 g/mol. The highest BCUT2D eigenvalue weighted by molar-refractivity contribution is 6.11. The van der Waals surface area contributed by atoms with Crippen LogP contribution in [-0.4, -0.2) is 10.8 Å². The van der Waals surface area contributed by atoms with E-state index in [4.69, 9.17) is 15.1 Å². The molecule has 8 aromatic rings. The molecule has 0 fully saturated rings. The molecule has 2 N–H and O–H groups in total. The number of furan rings is 1. The van der Waals surface area contributed by atoms with E-state index in [1.165, 1.54) is 44.1 Å². The lowest BCUT2D eigenvalue weighted by atomic mass is 9.94. The molecule has 4 nitrogen and oxygen atoms in total. The summed E-state index contributed by atoms with van der Waals surface area (Å²) in [5.74, 6) is 0. The predicted molar refractivity (Wildman–Crippen MR) is 235 cm³/mol. The average Bonchev–Trinajstić information content (AvgIpc) is 3.81. The Bertz CT molecular complexity index is 2970. The molecule has 270 valence electrons. The van der Waals surface area contributed by atoms with Crippen LogP contribution in [0.1, 0.15) is 42.9 Å². The fourth-order valence-electron chi connectivity index (χ4n) is 8.37. The molecule has 1 atom stereocenters. The maximum Gasteiger partial charge on any atom is 0.143 e. The van der Waals surface area contributed by atoms with Crippen molar-refractivity contribution < 1.29 is 4.42 Å². The van der Waals surface area contributed by atoms with Gasteiger partial charge in [-0.1, -0.05) is 127 Å². The molecule has 2 aromatic heterocycles. The van der Waals surface area contributed by atoms with Crippen LogP contribution in [0.4, 0.5) is 0 Å². The first kappa shape index (κ1) is 33.8. The number of aromatic nitrogens is 1. The van der Waals surface area contributed by atoms with Gasteiger partial charge in [-0.25, -0.2) is 0 Å². The van der Waals surface area contributed by atoms with Crippen LogP contribution in [0.2, 0.25) is 0 Å². The fourth-order valence-corrected chi connectivity index (χ4v) is 8.37. The number of para-hydroxylation sites is 3. The van der Waals surface area contributed by atoms with Gasteiger partial charge < -0.3 is 14.7 Å². The third-order valence-electron chi connectivity index (χ3n) is 11.2. The smallest absolute Gasteiger partial charge is 0.143 e. The minimum absolute atomic E-state index is 0.227. The van der Waals surface area contributed by atoms with E-state index >= 15 is 0 Å². The summed E-state index contributed by atoms with van der Waals surface area (Å²) >= 11 is 0. The van der Waals surface area contributed by atoms with Gasteiger partial charge in [0, 0.05) is 39.0 Å². The topological polar surface area (TPSA) is 56.4 Å². The zero-order valence-corrected chi connectivity index (χ0v) is 31.1. The number of fused-ring (bicyclic) bond motifs is 6. The van der Waals surface area contributed by atoms with Crippen molar-refractivity contribution in [2.75, 3.05) is 0 Å². The summed E-state index contributed by atoms with van der Waals surface area (Å²) in [6.45, 7) is 0. The molecule has 4 heteroatoms. The van der Waals surface area contributed by atoms with E-state index in [-0.39, 0.29) is 6.04 Å². The Morgan fingerprint density at radius 3 is 2.32 bits per heavy atom. The Balaban J connectivity index is 0.974. The van der Waals surface area contributed by atoms with E-state index in [9.17, 15) is 0 Å². The van der Waals surface area contributed by atoms with Crippen LogP contribution >= 0.6 is 0 Å². The van der Waals surface area contributed by atoms with Crippen molar-refractivity contribution in [3.63, 3.8) is 0 Å². The molecule has 0 unspecified atom stereocenters. The molecule has 2 aliphatic carbocycles. The Kier molecular flexibility index (Phi) is 8.74. The summed E-state index contributed by atoms with van der Waals surface area (Å²) in [5, 5.41) is 4.76. The molecule has 6 aromatic carbocycles. The van der Waals surface area contributed by atoms with Crippen molar-refractivity contribution in [1.82, 2.24) is 4.57 Å². The molecule has 0 saturated carbocycles. The van der Waals surface area contributed by atoms with Crippen molar-refractivity contribution in [2.45, 2.75) is 31.7 Å². The minimum atomic E-state index is -0.227. The van der Waals surface area contributed by atoms with Crippen molar-refractivity contribution in [3.8, 4) is 16.8 Å². The molecule has 56 heavy (non-hydrogen) atoms. The van der Waals surface area contributed by atoms with Crippen molar-refractivity contribution in [3.05, 3.63) is 204 Å². The number of allylic oxidation sites excluding steroid dienone is 8. The first-order valence-corrected chi connectivity index (χ1v) is 19.6. The van der Waals surface area contributed by atoms with E-state index in [2.05, 4.69) is 156 Å². The van der Waals surface area contributed by atoms with Crippen LogP contribution in [-0.2, 0) is 0 Å². The van der Waals surface area contributed by atoms with Gasteiger partial charge in [0.1, 0.15) is 11.2 Å². The largest absolute Gasteiger partial charge is 0.455 e. The maximum atomic E-state index is 6.67. The molecule has 0 bridgehead atoms. The fraction of sp³-hybridized carbons (Fsp3) is 0.0962. The van der Waals surface area contributed by atoms with Crippen LogP contribution in [0.3, 0.4) is 0 Å². The van der Waals surface area contributed by atoms with Gasteiger partial charge in [-0.05, 0) is 108 Å². The Morgan fingerprint density at radius 1 is 0.696 bits per heavy atom. The van der Waals surface area contributed by atoms with Gasteiger partial charge in [0.25, 0.3) is 0 Å². The second-order valence-electron chi connectivity index (χ2n) is 14.7. The van der Waals surface area contributed by atoms with Crippen LogP contribution in [0.15, 0.2) is 202 Å². The highest BCUT2D eigenvalue weighted by Crippen LogP contribution is 2.38. The highest BCUT2D eigenvalue weighted by Gasteiger charge is 2.17. The summed E-state index contributed by atoms with van der Waals surface area (Å²) in [6, 6.07) is 49.2. The molecule has 0 amide bonds. The third kappa shape index (κ3) is 6.24. The molecule has 0 aliphatic heterocycles. The van der Waals surface area contributed by atoms with Gasteiger partial charge in [-0.2, -0.15) is 0 Å². The summed E-state index contributed by atoms with van der Waals surface area (Å²) in [6.07, 6.45) is 19.2. The standard InChI is InChI=1S/C52H41N3O/c53-47(37-14-3-1-4-15-37)33-48(38-16-5-2-6-17-38)54-34-35-13-11-18-39(31-35)40-27-30-50-46(32-40)43-19-7-9-23-49(43)55(50)41-28-25-36(26-29-41)42-21-12-22-45-44-20-8-10-24-51(44)56-52(42)45/h1-5,7-10,12,14-16,18-34,47H,6,11,13,17,53H2/b48-33-,54-34?/t47-/m1/s1. The number of rotatable bonds is 8. The summed E-state index contributed by atoms with van der Waals surface area (Å²) in [5.41, 5.74) is 21.2. The Hall–Kier alpha value is -6.75. The van der Waals surface area contributed by atoms with Gasteiger partial charge >= 0.3 is 0 Å². The molecular formula is C52H41N3O. The lowest BCUT2D eigenvalue weighted by Gasteiger charge is -2.15. The minimum Gasteiger partial charge on any atom is -0.455 e. The first-order chi connectivity index (χ1) is 27.7. The third-order valence-corrected chi connectivity index (χ3v) is 11.2. The quantitative estimate of drug-likeness (QED) is 0.159. The van der Waals surface area contributed by atoms with Crippen molar-refractivity contribution >= 4 is 55.5 Å². The number of nitrogens with two attached hydrogens (primary N) is 1. The first-order valence-electron chi connectivity index (χ1n) is 19.6. The number of aliphatic imine (C=N–C) groups is 1. The zero-order valence-electron chi connectivity index (χ0n) is 31.1. The number of hydrogen-bond donors (Lipinski definition) is 1. The Labute approximate surface area is 326 Å². The highest BCUT2D eigenvalue weighted by atomic mass is 16.3. The number of hydrogen-bond acceptors (Lipinski definition) is 3. The van der Waals surface area contributed by atoms with Gasteiger partial charge in [0.05, 0.1) is 22.8 Å². The number of benzene rings is 6. The molecule has 2 heterocycles. The van der Waals surface area contributed by atoms with Gasteiger partial charge in [-0.15, -0.1) is 0 Å². The van der Waals surface area contributed by atoms with Gasteiger partial charge in [-0.3, -0.25) is 4.99 Å². The predicted octanol–water partition coefficient (Wildman–Crippen LogP) is 13.4. The van der Waals surface area contributed by atoms with Crippen LogP contribution in [0.25, 0.3) is 66.1 Å². The van der Waals surface area contributed by atoms with Crippen molar-refractivity contribution in [2.24, 2.45) is 10.7 Å². The van der Waals surface area contributed by atoms with E-state index in [1.807, 2.05) is 30.3 Å². The average molecular weight is 724 g/mol. The normalized spacial score (nSPS) is 15.5. The molecule has 2 aliphatic rings. The SMILES string of the molecule is N[C@H](/C=C(\N=CC1=CC(c2ccc3c(c2)c2ccccc2n3-c2ccc(-c3cccc4c3oc3ccccc34)cc2)=CCC1)C1=CC=CCC1)c1ccccc1. The second-order valence-corrected chi connectivity index (χ2v) is 14.7.